The van der Waals surface area contributed by atoms with Crippen molar-refractivity contribution >= 4 is 17.5 Å². The highest BCUT2D eigenvalue weighted by Gasteiger charge is 2.21. The average molecular weight is 232 g/mol. The highest BCUT2D eigenvalue weighted by Crippen LogP contribution is 2.19. The van der Waals surface area contributed by atoms with Crippen LogP contribution < -0.4 is 0 Å². The quantitative estimate of drug-likeness (QED) is 0.526. The van der Waals surface area contributed by atoms with Crippen LogP contribution in [0, 0.1) is 5.92 Å². The summed E-state index contributed by atoms with van der Waals surface area (Å²) >= 11 is 5.81. The molecule has 0 radical (unpaired) electrons. The molecule has 0 spiro atoms. The molecular weight excluding hydrogens is 210 g/mol. The summed E-state index contributed by atoms with van der Waals surface area (Å²) in [4.78, 5) is 13.8. The molecule has 0 saturated carbocycles. The van der Waals surface area contributed by atoms with E-state index in [1.54, 1.807) is 0 Å². The van der Waals surface area contributed by atoms with Crippen LogP contribution in [0.15, 0.2) is 0 Å². The summed E-state index contributed by atoms with van der Waals surface area (Å²) in [6.07, 6.45) is 6.31. The molecule has 1 saturated heterocycles. The first-order valence-corrected chi connectivity index (χ1v) is 6.65. The summed E-state index contributed by atoms with van der Waals surface area (Å²) in [6.45, 7) is 4.00. The maximum Gasteiger partial charge on any atom is 0.222 e. The lowest BCUT2D eigenvalue weighted by Gasteiger charge is -2.31. The van der Waals surface area contributed by atoms with E-state index in [2.05, 4.69) is 6.92 Å². The second kappa shape index (κ2) is 7.10. The van der Waals surface area contributed by atoms with Crippen molar-refractivity contribution in [2.45, 2.75) is 45.4 Å². The summed E-state index contributed by atoms with van der Waals surface area (Å²) in [5.74, 6) is 1.72. The van der Waals surface area contributed by atoms with Gasteiger partial charge in [0.2, 0.25) is 5.91 Å². The van der Waals surface area contributed by atoms with Crippen LogP contribution in [0.4, 0.5) is 0 Å². The number of likely N-dealkylation sites (tertiary alicyclic amines) is 1. The minimum Gasteiger partial charge on any atom is -0.343 e. The molecule has 0 unspecified atom stereocenters. The molecule has 0 aromatic rings. The predicted molar refractivity (Wildman–Crippen MR) is 64.2 cm³/mol. The Morgan fingerprint density at radius 1 is 1.33 bits per heavy atom. The van der Waals surface area contributed by atoms with Crippen LogP contribution in [0.25, 0.3) is 0 Å². The third-order valence-corrected chi connectivity index (χ3v) is 3.62. The molecule has 0 aliphatic carbocycles. The molecule has 1 fully saturated rings. The largest absolute Gasteiger partial charge is 0.343 e. The first kappa shape index (κ1) is 12.8. The molecule has 0 N–H and O–H groups in total. The van der Waals surface area contributed by atoms with Crippen molar-refractivity contribution < 1.29 is 4.79 Å². The lowest BCUT2D eigenvalue weighted by Crippen LogP contribution is -2.38. The number of piperidine rings is 1. The van der Waals surface area contributed by atoms with Crippen LogP contribution in [-0.4, -0.2) is 29.8 Å². The minimum absolute atomic E-state index is 0.344. The van der Waals surface area contributed by atoms with Crippen LogP contribution in [-0.2, 0) is 4.79 Å². The van der Waals surface area contributed by atoms with Crippen molar-refractivity contribution in [2.75, 3.05) is 19.0 Å². The van der Waals surface area contributed by atoms with E-state index in [0.29, 0.717) is 11.8 Å². The molecule has 2 nitrogen and oxygen atoms in total. The molecule has 1 rings (SSSR count). The zero-order valence-corrected chi connectivity index (χ0v) is 10.4. The molecule has 15 heavy (non-hydrogen) atoms. The van der Waals surface area contributed by atoms with Gasteiger partial charge < -0.3 is 4.90 Å². The predicted octanol–water partition coefficient (Wildman–Crippen LogP) is 3.04. The molecule has 3 heteroatoms. The first-order chi connectivity index (χ1) is 7.27. The summed E-state index contributed by atoms with van der Waals surface area (Å²) < 4.78 is 0. The zero-order valence-electron chi connectivity index (χ0n) is 9.67. The molecule has 1 amide bonds. The van der Waals surface area contributed by atoms with E-state index in [-0.39, 0.29) is 0 Å². The van der Waals surface area contributed by atoms with E-state index in [0.717, 1.165) is 44.7 Å². The van der Waals surface area contributed by atoms with Crippen LogP contribution in [0.3, 0.4) is 0 Å². The molecule has 1 aliphatic rings. The zero-order chi connectivity index (χ0) is 11.1. The van der Waals surface area contributed by atoms with Gasteiger partial charge in [0.25, 0.3) is 0 Å². The maximum absolute atomic E-state index is 11.8. The summed E-state index contributed by atoms with van der Waals surface area (Å²) in [5.41, 5.74) is 0. The van der Waals surface area contributed by atoms with Gasteiger partial charge in [0.05, 0.1) is 0 Å². The van der Waals surface area contributed by atoms with Gasteiger partial charge in [-0.1, -0.05) is 19.8 Å². The van der Waals surface area contributed by atoms with Crippen LogP contribution in [0.1, 0.15) is 45.4 Å². The topological polar surface area (TPSA) is 20.3 Å². The molecule has 0 aromatic heterocycles. The van der Waals surface area contributed by atoms with Gasteiger partial charge in [-0.15, -0.1) is 11.6 Å². The van der Waals surface area contributed by atoms with Gasteiger partial charge in [-0.05, 0) is 25.2 Å². The number of carbonyl (C=O) groups is 1. The fourth-order valence-corrected chi connectivity index (χ4v) is 2.33. The van der Waals surface area contributed by atoms with Gasteiger partial charge in [0, 0.05) is 25.4 Å². The summed E-state index contributed by atoms with van der Waals surface area (Å²) in [5, 5.41) is 0. The Hall–Kier alpha value is -0.240. The lowest BCUT2D eigenvalue weighted by molar-refractivity contribution is -0.132. The van der Waals surface area contributed by atoms with Crippen LogP contribution in [0.2, 0.25) is 0 Å². The number of halogens is 1. The van der Waals surface area contributed by atoms with Gasteiger partial charge >= 0.3 is 0 Å². The molecule has 0 bridgehead atoms. The highest BCUT2D eigenvalue weighted by molar-refractivity contribution is 6.18. The molecule has 0 aromatic carbocycles. The molecule has 0 atom stereocenters. The number of hydrogen-bond donors (Lipinski definition) is 0. The third-order valence-electron chi connectivity index (χ3n) is 3.18. The minimum atomic E-state index is 0.344. The van der Waals surface area contributed by atoms with Crippen molar-refractivity contribution in [2.24, 2.45) is 5.92 Å². The van der Waals surface area contributed by atoms with Gasteiger partial charge in [-0.2, -0.15) is 0 Å². The van der Waals surface area contributed by atoms with E-state index >= 15 is 0 Å². The Labute approximate surface area is 98.0 Å². The van der Waals surface area contributed by atoms with E-state index in [1.165, 1.54) is 12.8 Å². The fourth-order valence-electron chi connectivity index (χ4n) is 2.02. The summed E-state index contributed by atoms with van der Waals surface area (Å²) in [6, 6.07) is 0. The van der Waals surface area contributed by atoms with Crippen LogP contribution >= 0.6 is 11.6 Å². The number of nitrogens with zero attached hydrogens (tertiary/aromatic N) is 1. The van der Waals surface area contributed by atoms with E-state index < -0.39 is 0 Å². The third kappa shape index (κ3) is 4.42. The number of rotatable bonds is 5. The number of hydrogen-bond acceptors (Lipinski definition) is 1. The Morgan fingerprint density at radius 3 is 2.53 bits per heavy atom. The first-order valence-electron chi connectivity index (χ1n) is 6.11. The molecule has 88 valence electrons. The van der Waals surface area contributed by atoms with Gasteiger partial charge in [0.1, 0.15) is 0 Å². The number of carbonyl (C=O) groups excluding carboxylic acids is 1. The Kier molecular flexibility index (Phi) is 6.07. The van der Waals surface area contributed by atoms with Gasteiger partial charge in [-0.25, -0.2) is 0 Å². The van der Waals surface area contributed by atoms with E-state index in [9.17, 15) is 4.79 Å². The normalized spacial score (nSPS) is 18.1. The van der Waals surface area contributed by atoms with Crippen molar-refractivity contribution in [3.05, 3.63) is 0 Å². The molecule has 1 heterocycles. The Morgan fingerprint density at radius 2 is 2.00 bits per heavy atom. The standard InChI is InChI=1S/C12H22ClNO/c1-2-3-4-5-12(15)14-8-6-11(10-13)7-9-14/h11H,2-10H2,1H3. The SMILES string of the molecule is CCCCCC(=O)N1CCC(CCl)CC1. The molecule has 1 aliphatic heterocycles. The summed E-state index contributed by atoms with van der Waals surface area (Å²) in [7, 11) is 0. The highest BCUT2D eigenvalue weighted by atomic mass is 35.5. The average Bonchev–Trinajstić information content (AvgIpc) is 2.29. The Balaban J connectivity index is 2.18. The second-order valence-electron chi connectivity index (χ2n) is 4.44. The number of unbranched alkanes of at least 4 members (excludes halogenated alkanes) is 2. The van der Waals surface area contributed by atoms with Gasteiger partial charge in [0.15, 0.2) is 0 Å². The fraction of sp³-hybridized carbons (Fsp3) is 0.917. The van der Waals surface area contributed by atoms with Crippen molar-refractivity contribution in [3.8, 4) is 0 Å². The second-order valence-corrected chi connectivity index (χ2v) is 4.74. The number of alkyl halides is 1. The maximum atomic E-state index is 11.8. The van der Waals surface area contributed by atoms with Crippen molar-refractivity contribution in [3.63, 3.8) is 0 Å². The van der Waals surface area contributed by atoms with Crippen molar-refractivity contribution in [1.29, 1.82) is 0 Å². The smallest absolute Gasteiger partial charge is 0.222 e. The van der Waals surface area contributed by atoms with Crippen LogP contribution in [0.5, 0.6) is 0 Å². The Bertz CT molecular complexity index is 188. The van der Waals surface area contributed by atoms with E-state index in [4.69, 9.17) is 11.6 Å². The van der Waals surface area contributed by atoms with Gasteiger partial charge in [-0.3, -0.25) is 4.79 Å². The van der Waals surface area contributed by atoms with Crippen molar-refractivity contribution in [1.82, 2.24) is 4.90 Å². The monoisotopic (exact) mass is 231 g/mol. The van der Waals surface area contributed by atoms with E-state index in [1.807, 2.05) is 4.90 Å². The lowest BCUT2D eigenvalue weighted by atomic mass is 9.98. The number of amides is 1. The molecular formula is C12H22ClNO.